The van der Waals surface area contributed by atoms with E-state index in [-0.39, 0.29) is 17.7 Å². The van der Waals surface area contributed by atoms with Gasteiger partial charge in [0.2, 0.25) is 0 Å². The lowest BCUT2D eigenvalue weighted by molar-refractivity contribution is 0.0383. The van der Waals surface area contributed by atoms with Gasteiger partial charge in [-0.3, -0.25) is 9.78 Å². The Morgan fingerprint density at radius 3 is 2.84 bits per heavy atom. The Bertz CT molecular complexity index is 1500. The van der Waals surface area contributed by atoms with Crippen molar-refractivity contribution in [1.29, 1.82) is 0 Å². The van der Waals surface area contributed by atoms with E-state index in [0.717, 1.165) is 51.7 Å². The first-order valence-corrected chi connectivity index (χ1v) is 12.7. The van der Waals surface area contributed by atoms with Crippen molar-refractivity contribution in [3.05, 3.63) is 111 Å². The fourth-order valence-electron chi connectivity index (χ4n) is 5.19. The number of rotatable bonds is 5. The minimum atomic E-state index is -0.187. The molecule has 37 heavy (non-hydrogen) atoms. The number of hydrogen-bond donors (Lipinski definition) is 2. The number of fused-ring (bicyclic) bond motifs is 2. The number of pyridine rings is 2. The van der Waals surface area contributed by atoms with E-state index in [1.54, 1.807) is 6.20 Å². The molecule has 2 N–H and O–H groups in total. The number of nitrogens with zero attached hydrogens (tertiary/aromatic N) is 2. The SMILES string of the molecule is Cc1cccc(C(C)Nc2ccc3c(c2)Cc2cccc(C4CN(c5ccc[nH]c5=O)CCO4)c2O3)n1. The highest BCUT2D eigenvalue weighted by molar-refractivity contribution is 5.59. The van der Waals surface area contributed by atoms with Crippen LogP contribution in [0.25, 0.3) is 0 Å². The lowest BCUT2D eigenvalue weighted by Crippen LogP contribution is -2.41. The molecule has 2 aliphatic heterocycles. The van der Waals surface area contributed by atoms with Crippen LogP contribution in [-0.2, 0) is 11.2 Å². The number of benzene rings is 2. The van der Waals surface area contributed by atoms with Crippen LogP contribution in [0.15, 0.2) is 77.7 Å². The Morgan fingerprint density at radius 1 is 1.08 bits per heavy atom. The van der Waals surface area contributed by atoms with Crippen molar-refractivity contribution < 1.29 is 9.47 Å². The van der Waals surface area contributed by atoms with Crippen LogP contribution in [0.2, 0.25) is 0 Å². The number of hydrogen-bond acceptors (Lipinski definition) is 6. The summed E-state index contributed by atoms with van der Waals surface area (Å²) in [5, 5.41) is 3.58. The van der Waals surface area contributed by atoms with Gasteiger partial charge >= 0.3 is 0 Å². The summed E-state index contributed by atoms with van der Waals surface area (Å²) in [5.74, 6) is 1.72. The second-order valence-corrected chi connectivity index (χ2v) is 9.70. The molecule has 2 aliphatic rings. The van der Waals surface area contributed by atoms with Crippen LogP contribution < -0.4 is 20.5 Å². The number of aromatic amines is 1. The van der Waals surface area contributed by atoms with E-state index in [0.29, 0.717) is 25.4 Å². The minimum Gasteiger partial charge on any atom is -0.456 e. The molecule has 2 unspecified atom stereocenters. The Morgan fingerprint density at radius 2 is 1.97 bits per heavy atom. The average Bonchev–Trinajstić information content (AvgIpc) is 2.92. The van der Waals surface area contributed by atoms with E-state index in [1.807, 2.05) is 43.3 Å². The van der Waals surface area contributed by atoms with Crippen LogP contribution in [-0.4, -0.2) is 29.7 Å². The Hall–Kier alpha value is -4.10. The minimum absolute atomic E-state index is 0.0830. The second kappa shape index (κ2) is 9.75. The molecule has 2 atom stereocenters. The van der Waals surface area contributed by atoms with Gasteiger partial charge in [-0.25, -0.2) is 0 Å². The van der Waals surface area contributed by atoms with Crippen LogP contribution >= 0.6 is 0 Å². The van der Waals surface area contributed by atoms with Gasteiger partial charge in [-0.05, 0) is 61.9 Å². The van der Waals surface area contributed by atoms with E-state index in [9.17, 15) is 4.79 Å². The van der Waals surface area contributed by atoms with Crippen molar-refractivity contribution in [3.63, 3.8) is 0 Å². The molecule has 7 nitrogen and oxygen atoms in total. The number of nitrogens with one attached hydrogen (secondary N) is 2. The molecule has 4 heterocycles. The van der Waals surface area contributed by atoms with E-state index in [1.165, 1.54) is 0 Å². The highest BCUT2D eigenvalue weighted by Crippen LogP contribution is 2.43. The highest BCUT2D eigenvalue weighted by atomic mass is 16.5. The molecule has 0 spiro atoms. The number of para-hydroxylation sites is 1. The normalized spacial score (nSPS) is 17.4. The molecule has 7 heteroatoms. The molecule has 188 valence electrons. The summed E-state index contributed by atoms with van der Waals surface area (Å²) in [6.45, 7) is 5.94. The number of ether oxygens (including phenoxy) is 2. The molecule has 6 rings (SSSR count). The first kappa shape index (κ1) is 23.3. The molecule has 2 aromatic carbocycles. The van der Waals surface area contributed by atoms with Gasteiger partial charge in [-0.1, -0.05) is 24.3 Å². The predicted molar refractivity (Wildman–Crippen MR) is 145 cm³/mol. The van der Waals surface area contributed by atoms with Crippen molar-refractivity contribution in [1.82, 2.24) is 9.97 Å². The molecule has 0 aliphatic carbocycles. The van der Waals surface area contributed by atoms with Gasteiger partial charge in [0.15, 0.2) is 0 Å². The summed E-state index contributed by atoms with van der Waals surface area (Å²) >= 11 is 0. The zero-order chi connectivity index (χ0) is 25.4. The van der Waals surface area contributed by atoms with Crippen LogP contribution in [0.4, 0.5) is 11.4 Å². The molecule has 2 aromatic heterocycles. The molecule has 0 radical (unpaired) electrons. The lowest BCUT2D eigenvalue weighted by Gasteiger charge is -2.35. The molecule has 4 aromatic rings. The molecular weight excluding hydrogens is 464 g/mol. The van der Waals surface area contributed by atoms with Gasteiger partial charge in [0, 0.05) is 48.2 Å². The maximum atomic E-state index is 12.4. The Kier molecular flexibility index (Phi) is 6.14. The van der Waals surface area contributed by atoms with E-state index < -0.39 is 0 Å². The maximum absolute atomic E-state index is 12.4. The van der Waals surface area contributed by atoms with E-state index in [4.69, 9.17) is 9.47 Å². The monoisotopic (exact) mass is 494 g/mol. The largest absolute Gasteiger partial charge is 0.456 e. The third-order valence-electron chi connectivity index (χ3n) is 7.07. The number of aromatic nitrogens is 2. The van der Waals surface area contributed by atoms with Crippen LogP contribution in [0.1, 0.15) is 47.1 Å². The molecule has 0 bridgehead atoms. The van der Waals surface area contributed by atoms with Crippen molar-refractivity contribution in [2.24, 2.45) is 0 Å². The quantitative estimate of drug-likeness (QED) is 0.335. The van der Waals surface area contributed by atoms with Crippen LogP contribution in [0, 0.1) is 6.92 Å². The molecule has 1 fully saturated rings. The average molecular weight is 495 g/mol. The number of anilines is 2. The van der Waals surface area contributed by atoms with Gasteiger partial charge in [-0.15, -0.1) is 0 Å². The summed E-state index contributed by atoms with van der Waals surface area (Å²) in [6.07, 6.45) is 2.25. The Balaban J connectivity index is 1.22. The third kappa shape index (κ3) is 4.70. The van der Waals surface area contributed by atoms with Crippen LogP contribution in [0.5, 0.6) is 11.5 Å². The maximum Gasteiger partial charge on any atom is 0.271 e. The highest BCUT2D eigenvalue weighted by Gasteiger charge is 2.29. The van der Waals surface area contributed by atoms with Gasteiger partial charge < -0.3 is 24.7 Å². The summed E-state index contributed by atoms with van der Waals surface area (Å²) in [4.78, 5) is 21.9. The van der Waals surface area contributed by atoms with Gasteiger partial charge in [-0.2, -0.15) is 0 Å². The van der Waals surface area contributed by atoms with E-state index in [2.05, 4.69) is 57.4 Å². The number of H-pyrrole nitrogens is 1. The van der Waals surface area contributed by atoms with Gasteiger partial charge in [0.25, 0.3) is 5.56 Å². The van der Waals surface area contributed by atoms with E-state index >= 15 is 0 Å². The molecule has 0 amide bonds. The standard InChI is InChI=1S/C30H30N4O3/c1-19-6-3-9-25(32-19)20(2)33-23-11-12-27-22(17-23)16-21-7-4-8-24(29(21)37-27)28-18-34(14-15-36-28)26-10-5-13-31-30(26)35/h3-13,17,20,28,33H,14-16,18H2,1-2H3,(H,31,35). The molecule has 1 saturated heterocycles. The lowest BCUT2D eigenvalue weighted by atomic mass is 9.95. The smallest absolute Gasteiger partial charge is 0.271 e. The predicted octanol–water partition coefficient (Wildman–Crippen LogP) is 5.53. The van der Waals surface area contributed by atoms with Gasteiger partial charge in [0.05, 0.1) is 18.3 Å². The molecular formula is C30H30N4O3. The zero-order valence-corrected chi connectivity index (χ0v) is 21.0. The van der Waals surface area contributed by atoms with Crippen molar-refractivity contribution >= 4 is 11.4 Å². The number of morpholine rings is 1. The van der Waals surface area contributed by atoms with Crippen molar-refractivity contribution in [2.45, 2.75) is 32.4 Å². The first-order chi connectivity index (χ1) is 18.0. The fraction of sp³-hybridized carbons (Fsp3) is 0.267. The second-order valence-electron chi connectivity index (χ2n) is 9.70. The fourth-order valence-corrected chi connectivity index (χ4v) is 5.19. The zero-order valence-electron chi connectivity index (χ0n) is 21.0. The first-order valence-electron chi connectivity index (χ1n) is 12.7. The summed E-state index contributed by atoms with van der Waals surface area (Å²) < 4.78 is 12.7. The van der Waals surface area contributed by atoms with Crippen LogP contribution in [0.3, 0.4) is 0 Å². The summed E-state index contributed by atoms with van der Waals surface area (Å²) in [7, 11) is 0. The topological polar surface area (TPSA) is 79.5 Å². The summed E-state index contributed by atoms with van der Waals surface area (Å²) in [6, 6.07) is 22.4. The van der Waals surface area contributed by atoms with Gasteiger partial charge in [0.1, 0.15) is 23.3 Å². The third-order valence-corrected chi connectivity index (χ3v) is 7.07. The number of aryl methyl sites for hydroxylation is 1. The molecule has 0 saturated carbocycles. The van der Waals surface area contributed by atoms with Crippen molar-refractivity contribution in [3.8, 4) is 11.5 Å². The summed E-state index contributed by atoms with van der Waals surface area (Å²) in [5.41, 5.74) is 6.94. The van der Waals surface area contributed by atoms with Crippen molar-refractivity contribution in [2.75, 3.05) is 29.9 Å². The Labute approximate surface area is 216 Å².